The van der Waals surface area contributed by atoms with Gasteiger partial charge in [-0.25, -0.2) is 0 Å². The van der Waals surface area contributed by atoms with E-state index in [0.29, 0.717) is 13.1 Å². The van der Waals surface area contributed by atoms with Gasteiger partial charge < -0.3 is 0 Å². The van der Waals surface area contributed by atoms with Crippen LogP contribution in [0.5, 0.6) is 0 Å². The SMILES string of the molecule is CC(Cc1ccccc1)N1CC(=O)NC(=O)C1. The van der Waals surface area contributed by atoms with E-state index in [1.165, 1.54) is 5.56 Å². The van der Waals surface area contributed by atoms with Crippen LogP contribution >= 0.6 is 0 Å². The number of benzene rings is 1. The first-order chi connectivity index (χ1) is 8.15. The Morgan fingerprint density at radius 2 is 1.76 bits per heavy atom. The van der Waals surface area contributed by atoms with Gasteiger partial charge in [-0.1, -0.05) is 30.3 Å². The largest absolute Gasteiger partial charge is 0.294 e. The van der Waals surface area contributed by atoms with E-state index < -0.39 is 0 Å². The van der Waals surface area contributed by atoms with Crippen LogP contribution in [0.2, 0.25) is 0 Å². The number of imide groups is 1. The van der Waals surface area contributed by atoms with Crippen LogP contribution in [-0.4, -0.2) is 35.8 Å². The molecule has 2 amide bonds. The van der Waals surface area contributed by atoms with Gasteiger partial charge in [-0.3, -0.25) is 19.8 Å². The second-order valence-electron chi connectivity index (χ2n) is 4.42. The lowest BCUT2D eigenvalue weighted by molar-refractivity contribution is -0.136. The Kier molecular flexibility index (Phi) is 3.54. The Morgan fingerprint density at radius 1 is 1.18 bits per heavy atom. The Hall–Kier alpha value is -1.68. The van der Waals surface area contributed by atoms with Crippen molar-refractivity contribution in [1.82, 2.24) is 10.2 Å². The van der Waals surface area contributed by atoms with Crippen LogP contribution in [0.4, 0.5) is 0 Å². The fourth-order valence-electron chi connectivity index (χ4n) is 2.06. The summed E-state index contributed by atoms with van der Waals surface area (Å²) in [6.45, 7) is 2.65. The molecule has 1 aliphatic heterocycles. The molecular formula is C13H16N2O2. The first-order valence-electron chi connectivity index (χ1n) is 5.76. The maximum Gasteiger partial charge on any atom is 0.240 e. The molecular weight excluding hydrogens is 216 g/mol. The van der Waals surface area contributed by atoms with E-state index in [0.717, 1.165) is 6.42 Å². The molecule has 4 heteroatoms. The van der Waals surface area contributed by atoms with E-state index >= 15 is 0 Å². The fourth-order valence-corrected chi connectivity index (χ4v) is 2.06. The summed E-state index contributed by atoms with van der Waals surface area (Å²) in [7, 11) is 0. The van der Waals surface area contributed by atoms with Gasteiger partial charge in [0, 0.05) is 6.04 Å². The smallest absolute Gasteiger partial charge is 0.240 e. The average molecular weight is 232 g/mol. The first-order valence-corrected chi connectivity index (χ1v) is 5.76. The fraction of sp³-hybridized carbons (Fsp3) is 0.385. The highest BCUT2D eigenvalue weighted by Gasteiger charge is 2.25. The van der Waals surface area contributed by atoms with Crippen molar-refractivity contribution < 1.29 is 9.59 Å². The number of hydrogen-bond acceptors (Lipinski definition) is 3. The van der Waals surface area contributed by atoms with Gasteiger partial charge in [0.25, 0.3) is 0 Å². The predicted octanol–water partition coefficient (Wildman–Crippen LogP) is 0.576. The van der Waals surface area contributed by atoms with Crippen molar-refractivity contribution in [3.63, 3.8) is 0 Å². The van der Waals surface area contributed by atoms with Gasteiger partial charge in [-0.15, -0.1) is 0 Å². The summed E-state index contributed by atoms with van der Waals surface area (Å²) in [6.07, 6.45) is 0.849. The third-order valence-corrected chi connectivity index (χ3v) is 2.97. The molecule has 0 aromatic heterocycles. The van der Waals surface area contributed by atoms with Crippen molar-refractivity contribution in [1.29, 1.82) is 0 Å². The molecule has 1 aliphatic rings. The van der Waals surface area contributed by atoms with Crippen LogP contribution in [0.25, 0.3) is 0 Å². The van der Waals surface area contributed by atoms with Crippen LogP contribution in [0.15, 0.2) is 30.3 Å². The van der Waals surface area contributed by atoms with Gasteiger partial charge in [0.2, 0.25) is 11.8 Å². The molecule has 0 bridgehead atoms. The molecule has 17 heavy (non-hydrogen) atoms. The average Bonchev–Trinajstić information content (AvgIpc) is 2.29. The topological polar surface area (TPSA) is 49.4 Å². The minimum Gasteiger partial charge on any atom is -0.294 e. The summed E-state index contributed by atoms with van der Waals surface area (Å²) in [6, 6.07) is 10.3. The highest BCUT2D eigenvalue weighted by atomic mass is 16.2. The Morgan fingerprint density at radius 3 is 2.35 bits per heavy atom. The zero-order valence-electron chi connectivity index (χ0n) is 9.85. The van der Waals surface area contributed by atoms with Gasteiger partial charge in [-0.2, -0.15) is 0 Å². The molecule has 0 saturated carbocycles. The highest BCUT2D eigenvalue weighted by molar-refractivity contribution is 5.99. The van der Waals surface area contributed by atoms with Gasteiger partial charge in [0.15, 0.2) is 0 Å². The quantitative estimate of drug-likeness (QED) is 0.775. The number of carbonyl (C=O) groups is 2. The number of carbonyl (C=O) groups excluding carboxylic acids is 2. The molecule has 1 N–H and O–H groups in total. The second-order valence-corrected chi connectivity index (χ2v) is 4.42. The molecule has 1 fully saturated rings. The number of nitrogens with zero attached hydrogens (tertiary/aromatic N) is 1. The van der Waals surface area contributed by atoms with Crippen molar-refractivity contribution in [2.75, 3.05) is 13.1 Å². The minimum absolute atomic E-state index is 0.187. The monoisotopic (exact) mass is 232 g/mol. The van der Waals surface area contributed by atoms with Crippen molar-refractivity contribution >= 4 is 11.8 Å². The predicted molar refractivity (Wildman–Crippen MR) is 64.3 cm³/mol. The Labute approximate surface area is 101 Å². The zero-order valence-corrected chi connectivity index (χ0v) is 9.85. The summed E-state index contributed by atoms with van der Waals surface area (Å²) in [5.41, 5.74) is 1.22. The third-order valence-electron chi connectivity index (χ3n) is 2.97. The number of amides is 2. The molecule has 2 rings (SSSR count). The van der Waals surface area contributed by atoms with E-state index in [2.05, 4.69) is 17.4 Å². The molecule has 1 atom stereocenters. The number of piperazine rings is 1. The van der Waals surface area contributed by atoms with Gasteiger partial charge >= 0.3 is 0 Å². The lowest BCUT2D eigenvalue weighted by Gasteiger charge is -2.31. The van der Waals surface area contributed by atoms with E-state index in [9.17, 15) is 9.59 Å². The maximum atomic E-state index is 11.3. The number of rotatable bonds is 3. The summed E-state index contributed by atoms with van der Waals surface area (Å²) >= 11 is 0. The maximum absolute atomic E-state index is 11.3. The van der Waals surface area contributed by atoms with Crippen molar-refractivity contribution in [3.8, 4) is 0 Å². The third kappa shape index (κ3) is 3.14. The normalized spacial score (nSPS) is 18.9. The lowest BCUT2D eigenvalue weighted by atomic mass is 10.1. The molecule has 1 heterocycles. The summed E-state index contributed by atoms with van der Waals surface area (Å²) in [5, 5.41) is 2.31. The summed E-state index contributed by atoms with van der Waals surface area (Å²) in [5.74, 6) is -0.415. The minimum atomic E-state index is -0.207. The standard InChI is InChI=1S/C13H16N2O2/c1-10(7-11-5-3-2-4-6-11)15-8-12(16)14-13(17)9-15/h2-6,10H,7-9H2,1H3,(H,14,16,17). The van der Waals surface area contributed by atoms with Crippen molar-refractivity contribution in [3.05, 3.63) is 35.9 Å². The van der Waals surface area contributed by atoms with Gasteiger partial charge in [-0.05, 0) is 18.9 Å². The van der Waals surface area contributed by atoms with Crippen LogP contribution in [-0.2, 0) is 16.0 Å². The van der Waals surface area contributed by atoms with E-state index in [-0.39, 0.29) is 17.9 Å². The van der Waals surface area contributed by atoms with E-state index in [1.54, 1.807) is 0 Å². The van der Waals surface area contributed by atoms with Crippen LogP contribution in [0.3, 0.4) is 0 Å². The Balaban J connectivity index is 1.98. The highest BCUT2D eigenvalue weighted by Crippen LogP contribution is 2.09. The second kappa shape index (κ2) is 5.10. The number of nitrogens with one attached hydrogen (secondary N) is 1. The summed E-state index contributed by atoms with van der Waals surface area (Å²) in [4.78, 5) is 24.4. The first kappa shape index (κ1) is 11.8. The molecule has 0 aliphatic carbocycles. The van der Waals surface area contributed by atoms with Crippen LogP contribution in [0.1, 0.15) is 12.5 Å². The molecule has 0 spiro atoms. The van der Waals surface area contributed by atoms with E-state index in [4.69, 9.17) is 0 Å². The molecule has 0 radical (unpaired) electrons. The van der Waals surface area contributed by atoms with Crippen molar-refractivity contribution in [2.24, 2.45) is 0 Å². The van der Waals surface area contributed by atoms with Crippen LogP contribution in [0, 0.1) is 0 Å². The molecule has 1 aromatic carbocycles. The van der Waals surface area contributed by atoms with Crippen molar-refractivity contribution in [2.45, 2.75) is 19.4 Å². The molecule has 4 nitrogen and oxygen atoms in total. The van der Waals surface area contributed by atoms with Gasteiger partial charge in [0.1, 0.15) is 0 Å². The van der Waals surface area contributed by atoms with Gasteiger partial charge in [0.05, 0.1) is 13.1 Å². The Bertz CT molecular complexity index is 401. The number of hydrogen-bond donors (Lipinski definition) is 1. The van der Waals surface area contributed by atoms with E-state index in [1.807, 2.05) is 30.0 Å². The summed E-state index contributed by atoms with van der Waals surface area (Å²) < 4.78 is 0. The molecule has 1 aromatic rings. The molecule has 90 valence electrons. The molecule has 1 saturated heterocycles. The zero-order chi connectivity index (χ0) is 12.3. The lowest BCUT2D eigenvalue weighted by Crippen LogP contribution is -2.54. The molecule has 1 unspecified atom stereocenters. The van der Waals surface area contributed by atoms with Crippen LogP contribution < -0.4 is 5.32 Å².